The molecular weight excluding hydrogens is 480 g/mol. The highest BCUT2D eigenvalue weighted by Crippen LogP contribution is 2.41. The van der Waals surface area contributed by atoms with Crippen molar-refractivity contribution in [1.29, 1.82) is 0 Å². The maximum absolute atomic E-state index is 12.5. The summed E-state index contributed by atoms with van der Waals surface area (Å²) in [6.07, 6.45) is 2.92. The van der Waals surface area contributed by atoms with Gasteiger partial charge in [0.05, 0.1) is 11.4 Å². The molecule has 2 aliphatic rings. The van der Waals surface area contributed by atoms with Crippen molar-refractivity contribution in [2.75, 3.05) is 36.1 Å². The van der Waals surface area contributed by atoms with E-state index in [1.165, 1.54) is 12.0 Å². The predicted octanol–water partition coefficient (Wildman–Crippen LogP) is 5.14. The van der Waals surface area contributed by atoms with Gasteiger partial charge in [0, 0.05) is 36.4 Å². The summed E-state index contributed by atoms with van der Waals surface area (Å²) in [6.45, 7) is 3.03. The first-order valence-corrected chi connectivity index (χ1v) is 13.1. The van der Waals surface area contributed by atoms with E-state index in [1.807, 2.05) is 12.1 Å². The highest BCUT2D eigenvalue weighted by molar-refractivity contribution is 6.06. The molecule has 2 unspecified atom stereocenters. The van der Waals surface area contributed by atoms with Crippen LogP contribution in [-0.4, -0.2) is 37.8 Å². The van der Waals surface area contributed by atoms with Crippen molar-refractivity contribution < 1.29 is 19.1 Å². The lowest BCUT2D eigenvalue weighted by Gasteiger charge is -2.22. The van der Waals surface area contributed by atoms with Crippen LogP contribution in [0.1, 0.15) is 46.7 Å². The molecule has 1 heterocycles. The molecular formula is C30H34N4O4. The Bertz CT molecular complexity index is 1240. The number of hydrogen-bond acceptors (Lipinski definition) is 6. The van der Waals surface area contributed by atoms with Crippen molar-refractivity contribution in [1.82, 2.24) is 5.32 Å². The van der Waals surface area contributed by atoms with Crippen molar-refractivity contribution in [3.8, 4) is 0 Å². The van der Waals surface area contributed by atoms with Crippen LogP contribution in [0.25, 0.3) is 0 Å². The van der Waals surface area contributed by atoms with Crippen LogP contribution in [0.15, 0.2) is 72.8 Å². The van der Waals surface area contributed by atoms with E-state index in [0.717, 1.165) is 44.1 Å². The Morgan fingerprint density at radius 1 is 0.921 bits per heavy atom. The molecule has 1 aliphatic heterocycles. The summed E-state index contributed by atoms with van der Waals surface area (Å²) in [5.74, 6) is 1.00. The second kappa shape index (κ2) is 12.1. The van der Waals surface area contributed by atoms with E-state index in [0.29, 0.717) is 34.6 Å². The van der Waals surface area contributed by atoms with E-state index in [2.05, 4.69) is 28.1 Å². The molecule has 198 valence electrons. The minimum Gasteiger partial charge on any atom is -0.444 e. The second-order valence-corrected chi connectivity index (χ2v) is 9.97. The SMILES string of the molecule is Nc1ccccc1NC(=O)c1ccc(NC(=O)OCc2ccc(C3CC3NCC3CCOCC3)cc2)cc1. The van der Waals surface area contributed by atoms with Crippen LogP contribution < -0.4 is 21.7 Å². The largest absolute Gasteiger partial charge is 0.444 e. The van der Waals surface area contributed by atoms with Crippen molar-refractivity contribution in [2.45, 2.75) is 37.8 Å². The van der Waals surface area contributed by atoms with E-state index >= 15 is 0 Å². The standard InChI is InChI=1S/C30H34N4O4/c31-26-3-1-2-4-27(26)34-29(35)23-9-11-24(12-10-23)33-30(36)38-19-21-5-7-22(8-6-21)25-17-28(25)32-18-20-13-15-37-16-14-20/h1-12,20,25,28,32H,13-19,31H2,(H,33,36)(H,34,35). The van der Waals surface area contributed by atoms with Gasteiger partial charge in [0.1, 0.15) is 6.61 Å². The molecule has 1 aliphatic carbocycles. The van der Waals surface area contributed by atoms with Crippen LogP contribution in [0.5, 0.6) is 0 Å². The number of amides is 2. The van der Waals surface area contributed by atoms with Gasteiger partial charge in [0.2, 0.25) is 0 Å². The molecule has 38 heavy (non-hydrogen) atoms. The molecule has 0 radical (unpaired) electrons. The fourth-order valence-corrected chi connectivity index (χ4v) is 4.73. The number of benzene rings is 3. The third kappa shape index (κ3) is 6.90. The summed E-state index contributed by atoms with van der Waals surface area (Å²) in [5, 5.41) is 9.19. The monoisotopic (exact) mass is 514 g/mol. The van der Waals surface area contributed by atoms with Gasteiger partial charge < -0.3 is 25.8 Å². The first kappa shape index (κ1) is 25.8. The van der Waals surface area contributed by atoms with E-state index in [4.69, 9.17) is 15.2 Å². The Hall–Kier alpha value is -3.88. The fourth-order valence-electron chi connectivity index (χ4n) is 4.73. The summed E-state index contributed by atoms with van der Waals surface area (Å²) in [4.78, 5) is 24.7. The molecule has 2 amide bonds. The minimum atomic E-state index is -0.553. The quantitative estimate of drug-likeness (QED) is 0.294. The molecule has 0 aromatic heterocycles. The van der Waals surface area contributed by atoms with Gasteiger partial charge in [0.15, 0.2) is 0 Å². The Kier molecular flexibility index (Phi) is 8.21. The Morgan fingerprint density at radius 2 is 1.66 bits per heavy atom. The zero-order valence-electron chi connectivity index (χ0n) is 21.3. The topological polar surface area (TPSA) is 115 Å². The first-order chi connectivity index (χ1) is 18.5. The average Bonchev–Trinajstić information content (AvgIpc) is 3.73. The lowest BCUT2D eigenvalue weighted by molar-refractivity contribution is 0.0662. The number of ether oxygens (including phenoxy) is 2. The van der Waals surface area contributed by atoms with Gasteiger partial charge in [0.25, 0.3) is 5.91 Å². The predicted molar refractivity (Wildman–Crippen MR) is 148 cm³/mol. The second-order valence-electron chi connectivity index (χ2n) is 9.97. The third-order valence-corrected chi connectivity index (χ3v) is 7.18. The molecule has 3 aromatic rings. The van der Waals surface area contributed by atoms with Gasteiger partial charge in [-0.2, -0.15) is 0 Å². The van der Waals surface area contributed by atoms with Crippen LogP contribution in [0.3, 0.4) is 0 Å². The number of anilines is 3. The van der Waals surface area contributed by atoms with Crippen molar-refractivity contribution in [2.24, 2.45) is 5.92 Å². The van der Waals surface area contributed by atoms with Crippen LogP contribution >= 0.6 is 0 Å². The minimum absolute atomic E-state index is 0.182. The number of nitrogens with one attached hydrogen (secondary N) is 3. The Morgan fingerprint density at radius 3 is 2.39 bits per heavy atom. The number of nitrogens with two attached hydrogens (primary N) is 1. The summed E-state index contributed by atoms with van der Waals surface area (Å²) >= 11 is 0. The number of hydrogen-bond donors (Lipinski definition) is 4. The van der Waals surface area contributed by atoms with E-state index in [9.17, 15) is 9.59 Å². The highest BCUT2D eigenvalue weighted by Gasteiger charge is 2.38. The normalized spacial score (nSPS) is 18.9. The first-order valence-electron chi connectivity index (χ1n) is 13.1. The van der Waals surface area contributed by atoms with Crippen molar-refractivity contribution in [3.05, 3.63) is 89.5 Å². The number of rotatable bonds is 9. The zero-order valence-corrected chi connectivity index (χ0v) is 21.3. The van der Waals surface area contributed by atoms with Gasteiger partial charge in [-0.3, -0.25) is 10.1 Å². The molecule has 1 saturated carbocycles. The highest BCUT2D eigenvalue weighted by atomic mass is 16.5. The van der Waals surface area contributed by atoms with E-state index in [-0.39, 0.29) is 12.5 Å². The molecule has 2 atom stereocenters. The number of carbonyl (C=O) groups excluding carboxylic acids is 2. The lowest BCUT2D eigenvalue weighted by Crippen LogP contribution is -2.29. The van der Waals surface area contributed by atoms with Gasteiger partial charge in [-0.1, -0.05) is 36.4 Å². The Balaban J connectivity index is 1.03. The zero-order chi connectivity index (χ0) is 26.3. The maximum atomic E-state index is 12.5. The summed E-state index contributed by atoms with van der Waals surface area (Å²) < 4.78 is 10.8. The van der Waals surface area contributed by atoms with Crippen molar-refractivity contribution in [3.63, 3.8) is 0 Å². The molecule has 0 bridgehead atoms. The van der Waals surface area contributed by atoms with Gasteiger partial charge in [-0.15, -0.1) is 0 Å². The van der Waals surface area contributed by atoms with Gasteiger partial charge >= 0.3 is 6.09 Å². The van der Waals surface area contributed by atoms with Crippen LogP contribution in [0, 0.1) is 5.92 Å². The van der Waals surface area contributed by atoms with Crippen molar-refractivity contribution >= 4 is 29.1 Å². The fraction of sp³-hybridized carbons (Fsp3) is 0.333. The van der Waals surface area contributed by atoms with Gasteiger partial charge in [-0.25, -0.2) is 4.79 Å². The molecule has 8 nitrogen and oxygen atoms in total. The molecule has 3 aromatic carbocycles. The van der Waals surface area contributed by atoms with Crippen LogP contribution in [-0.2, 0) is 16.1 Å². The molecule has 5 rings (SSSR count). The van der Waals surface area contributed by atoms with Crippen LogP contribution in [0.2, 0.25) is 0 Å². The molecule has 1 saturated heterocycles. The average molecular weight is 515 g/mol. The Labute approximate surface area is 222 Å². The smallest absolute Gasteiger partial charge is 0.411 e. The summed E-state index contributed by atoms with van der Waals surface area (Å²) in [7, 11) is 0. The molecule has 2 fully saturated rings. The summed E-state index contributed by atoms with van der Waals surface area (Å²) in [5.41, 5.74) is 10.2. The third-order valence-electron chi connectivity index (χ3n) is 7.18. The van der Waals surface area contributed by atoms with Crippen LogP contribution in [0.4, 0.5) is 21.9 Å². The van der Waals surface area contributed by atoms with E-state index in [1.54, 1.807) is 48.5 Å². The lowest BCUT2D eigenvalue weighted by atomic mass is 10.0. The number of carbonyl (C=O) groups is 2. The number of para-hydroxylation sites is 2. The maximum Gasteiger partial charge on any atom is 0.411 e. The molecule has 0 spiro atoms. The molecule has 5 N–H and O–H groups in total. The van der Waals surface area contributed by atoms with E-state index < -0.39 is 6.09 Å². The summed E-state index contributed by atoms with van der Waals surface area (Å²) in [6, 6.07) is 22.5. The van der Waals surface area contributed by atoms with Gasteiger partial charge in [-0.05, 0) is 79.3 Å². The number of nitrogen functional groups attached to an aromatic ring is 1. The molecule has 8 heteroatoms.